The summed E-state index contributed by atoms with van der Waals surface area (Å²) in [6, 6.07) is 16.7. The van der Waals surface area contributed by atoms with Crippen molar-refractivity contribution in [2.24, 2.45) is 0 Å². The number of methoxy groups -OCH3 is 1. The molecule has 0 aromatic heterocycles. The molecule has 2 aromatic rings. The van der Waals surface area contributed by atoms with Crippen molar-refractivity contribution in [1.29, 1.82) is 0 Å². The van der Waals surface area contributed by atoms with Gasteiger partial charge in [-0.05, 0) is 23.8 Å². The zero-order valence-corrected chi connectivity index (χ0v) is 12.7. The highest BCUT2D eigenvalue weighted by atomic mass is 79.9. The molecule has 2 N–H and O–H groups in total. The highest BCUT2D eigenvalue weighted by Gasteiger charge is 2.05. The van der Waals surface area contributed by atoms with Gasteiger partial charge in [0, 0.05) is 16.5 Å². The van der Waals surface area contributed by atoms with Crippen molar-refractivity contribution >= 4 is 15.9 Å². The van der Waals surface area contributed by atoms with Crippen LogP contribution in [0.2, 0.25) is 0 Å². The molecule has 0 radical (unpaired) electrons. The number of rotatable bonds is 6. The van der Waals surface area contributed by atoms with Crippen LogP contribution in [0.5, 0.6) is 5.75 Å². The number of quaternary nitrogens is 1. The van der Waals surface area contributed by atoms with Gasteiger partial charge in [0.05, 0.1) is 13.7 Å². The van der Waals surface area contributed by atoms with E-state index in [2.05, 4.69) is 57.6 Å². The first-order chi connectivity index (χ1) is 9.29. The molecule has 0 heterocycles. The number of hydrogen-bond donors (Lipinski definition) is 1. The van der Waals surface area contributed by atoms with Gasteiger partial charge in [0.25, 0.3) is 0 Å². The summed E-state index contributed by atoms with van der Waals surface area (Å²) in [6.07, 6.45) is 1.09. The second-order valence-electron chi connectivity index (χ2n) is 4.47. The number of nitrogens with two attached hydrogens (primary N) is 1. The second kappa shape index (κ2) is 7.31. The lowest BCUT2D eigenvalue weighted by molar-refractivity contribution is -0.670. The Morgan fingerprint density at radius 1 is 1.11 bits per heavy atom. The van der Waals surface area contributed by atoms with Gasteiger partial charge in [-0.25, -0.2) is 0 Å². The van der Waals surface area contributed by atoms with Crippen LogP contribution in [0.15, 0.2) is 53.0 Å². The predicted molar refractivity (Wildman–Crippen MR) is 81.3 cm³/mol. The predicted octanol–water partition coefficient (Wildman–Crippen LogP) is 2.76. The summed E-state index contributed by atoms with van der Waals surface area (Å²) in [5.74, 6) is 0.958. The maximum absolute atomic E-state index is 5.37. The van der Waals surface area contributed by atoms with Crippen molar-refractivity contribution in [2.45, 2.75) is 13.0 Å². The zero-order valence-electron chi connectivity index (χ0n) is 11.1. The minimum Gasteiger partial charge on any atom is -0.496 e. The molecule has 2 aromatic carbocycles. The van der Waals surface area contributed by atoms with E-state index in [0.29, 0.717) is 0 Å². The van der Waals surface area contributed by atoms with E-state index in [-0.39, 0.29) is 0 Å². The Hall–Kier alpha value is -1.32. The Kier molecular flexibility index (Phi) is 5.43. The summed E-state index contributed by atoms with van der Waals surface area (Å²) >= 11 is 3.50. The van der Waals surface area contributed by atoms with Gasteiger partial charge in [-0.3, -0.25) is 0 Å². The summed E-state index contributed by atoms with van der Waals surface area (Å²) in [7, 11) is 1.72. The number of halogens is 1. The Bertz CT molecular complexity index is 513. The Balaban J connectivity index is 1.84. The number of benzene rings is 2. The molecule has 0 saturated heterocycles. The molecule has 0 aliphatic carbocycles. The lowest BCUT2D eigenvalue weighted by atomic mass is 10.1. The summed E-state index contributed by atoms with van der Waals surface area (Å²) in [5.41, 5.74) is 2.62. The Morgan fingerprint density at radius 2 is 1.89 bits per heavy atom. The van der Waals surface area contributed by atoms with Gasteiger partial charge < -0.3 is 10.1 Å². The lowest BCUT2D eigenvalue weighted by Gasteiger charge is -2.08. The third-order valence-electron chi connectivity index (χ3n) is 3.09. The molecule has 0 unspecified atom stereocenters. The molecule has 0 spiro atoms. The van der Waals surface area contributed by atoms with Crippen LogP contribution >= 0.6 is 15.9 Å². The Morgan fingerprint density at radius 3 is 2.63 bits per heavy atom. The van der Waals surface area contributed by atoms with Crippen LogP contribution in [0.1, 0.15) is 11.1 Å². The molecule has 0 fully saturated rings. The summed E-state index contributed by atoms with van der Waals surface area (Å²) in [4.78, 5) is 0. The standard InChI is InChI=1S/C16H18BrNO/c1-19-16-8-7-15(17)11-14(16)12-18-10-9-13-5-3-2-4-6-13/h2-8,11,18H,9-10,12H2,1H3/p+1. The number of hydrogen-bond acceptors (Lipinski definition) is 1. The van der Waals surface area contributed by atoms with E-state index in [4.69, 9.17) is 4.74 Å². The molecule has 0 bridgehead atoms. The minimum absolute atomic E-state index is 0.940. The molecule has 19 heavy (non-hydrogen) atoms. The van der Waals surface area contributed by atoms with Gasteiger partial charge in [-0.2, -0.15) is 0 Å². The molecular formula is C16H19BrNO+. The van der Waals surface area contributed by atoms with Crippen molar-refractivity contribution in [3.8, 4) is 5.75 Å². The van der Waals surface area contributed by atoms with E-state index in [1.807, 2.05) is 12.1 Å². The fraction of sp³-hybridized carbons (Fsp3) is 0.250. The quantitative estimate of drug-likeness (QED) is 0.814. The fourth-order valence-electron chi connectivity index (χ4n) is 2.08. The summed E-state index contributed by atoms with van der Waals surface area (Å²) in [6.45, 7) is 2.02. The van der Waals surface area contributed by atoms with E-state index < -0.39 is 0 Å². The van der Waals surface area contributed by atoms with Gasteiger partial charge in [0.1, 0.15) is 12.3 Å². The third-order valence-corrected chi connectivity index (χ3v) is 3.58. The van der Waals surface area contributed by atoms with E-state index in [1.165, 1.54) is 11.1 Å². The normalized spacial score (nSPS) is 10.4. The van der Waals surface area contributed by atoms with Crippen LogP contribution in [-0.4, -0.2) is 13.7 Å². The molecule has 0 atom stereocenters. The van der Waals surface area contributed by atoms with Crippen LogP contribution in [0.4, 0.5) is 0 Å². The molecule has 0 aliphatic heterocycles. The lowest BCUT2D eigenvalue weighted by Crippen LogP contribution is -2.83. The molecule has 0 aliphatic rings. The van der Waals surface area contributed by atoms with Crippen LogP contribution in [0.25, 0.3) is 0 Å². The van der Waals surface area contributed by atoms with Crippen LogP contribution in [-0.2, 0) is 13.0 Å². The van der Waals surface area contributed by atoms with Gasteiger partial charge >= 0.3 is 0 Å². The maximum atomic E-state index is 5.37. The first-order valence-corrected chi connectivity index (χ1v) is 7.27. The Labute approximate surface area is 122 Å². The molecule has 0 amide bonds. The summed E-state index contributed by atoms with van der Waals surface area (Å²) < 4.78 is 6.47. The van der Waals surface area contributed by atoms with E-state index >= 15 is 0 Å². The monoisotopic (exact) mass is 320 g/mol. The van der Waals surface area contributed by atoms with Gasteiger partial charge in [0.15, 0.2) is 0 Å². The van der Waals surface area contributed by atoms with E-state index in [9.17, 15) is 0 Å². The smallest absolute Gasteiger partial charge is 0.127 e. The highest BCUT2D eigenvalue weighted by Crippen LogP contribution is 2.21. The molecular weight excluding hydrogens is 302 g/mol. The fourth-order valence-corrected chi connectivity index (χ4v) is 2.49. The third kappa shape index (κ3) is 4.37. The molecule has 2 rings (SSSR count). The van der Waals surface area contributed by atoms with Gasteiger partial charge in [-0.15, -0.1) is 0 Å². The maximum Gasteiger partial charge on any atom is 0.127 e. The molecule has 2 nitrogen and oxygen atoms in total. The minimum atomic E-state index is 0.940. The van der Waals surface area contributed by atoms with Crippen molar-refractivity contribution in [3.63, 3.8) is 0 Å². The average molecular weight is 321 g/mol. The van der Waals surface area contributed by atoms with Crippen molar-refractivity contribution in [3.05, 3.63) is 64.1 Å². The van der Waals surface area contributed by atoms with Crippen molar-refractivity contribution < 1.29 is 10.1 Å². The van der Waals surface area contributed by atoms with Crippen LogP contribution < -0.4 is 10.1 Å². The van der Waals surface area contributed by atoms with E-state index in [0.717, 1.165) is 29.7 Å². The second-order valence-corrected chi connectivity index (χ2v) is 5.39. The van der Waals surface area contributed by atoms with Gasteiger partial charge in [0.2, 0.25) is 0 Å². The first-order valence-electron chi connectivity index (χ1n) is 6.47. The van der Waals surface area contributed by atoms with Crippen molar-refractivity contribution in [1.82, 2.24) is 0 Å². The summed E-state index contributed by atoms with van der Waals surface area (Å²) in [5, 5.41) is 2.32. The van der Waals surface area contributed by atoms with Crippen LogP contribution in [0, 0.1) is 0 Å². The largest absolute Gasteiger partial charge is 0.496 e. The van der Waals surface area contributed by atoms with Crippen molar-refractivity contribution in [2.75, 3.05) is 13.7 Å². The van der Waals surface area contributed by atoms with Crippen LogP contribution in [0.3, 0.4) is 0 Å². The highest BCUT2D eigenvalue weighted by molar-refractivity contribution is 9.10. The zero-order chi connectivity index (χ0) is 13.5. The topological polar surface area (TPSA) is 25.8 Å². The first kappa shape index (κ1) is 14.1. The van der Waals surface area contributed by atoms with Gasteiger partial charge in [-0.1, -0.05) is 46.3 Å². The van der Waals surface area contributed by atoms with E-state index in [1.54, 1.807) is 7.11 Å². The molecule has 3 heteroatoms. The average Bonchev–Trinajstić information content (AvgIpc) is 2.45. The molecule has 100 valence electrons. The molecule has 0 saturated carbocycles. The SMILES string of the molecule is COc1ccc(Br)cc1C[NH2+]CCc1ccccc1. The number of ether oxygens (including phenoxy) is 1.